The molecule has 28 heavy (non-hydrogen) atoms. The third-order valence-electron chi connectivity index (χ3n) is 3.57. The Morgan fingerprint density at radius 1 is 1.21 bits per heavy atom. The summed E-state index contributed by atoms with van der Waals surface area (Å²) < 4.78 is 7.22. The van der Waals surface area contributed by atoms with Gasteiger partial charge in [-0.25, -0.2) is 0 Å². The number of furan rings is 1. The highest BCUT2D eigenvalue weighted by atomic mass is 32.2. The summed E-state index contributed by atoms with van der Waals surface area (Å²) in [6, 6.07) is 10.5. The number of aromatic nitrogens is 3. The van der Waals surface area contributed by atoms with Crippen molar-refractivity contribution in [3.05, 3.63) is 55.3 Å². The van der Waals surface area contributed by atoms with Gasteiger partial charge < -0.3 is 15.1 Å². The van der Waals surface area contributed by atoms with E-state index in [1.165, 1.54) is 18.7 Å². The topological polar surface area (TPSA) is 102 Å². The van der Waals surface area contributed by atoms with Crippen molar-refractivity contribution in [3.63, 3.8) is 0 Å². The van der Waals surface area contributed by atoms with E-state index in [4.69, 9.17) is 4.42 Å². The van der Waals surface area contributed by atoms with Gasteiger partial charge in [-0.2, -0.15) is 0 Å². The van der Waals surface area contributed by atoms with Gasteiger partial charge in [-0.3, -0.25) is 14.2 Å². The molecule has 9 heteroatoms. The number of hydrogen-bond donors (Lipinski definition) is 2. The minimum atomic E-state index is -0.197. The van der Waals surface area contributed by atoms with Crippen molar-refractivity contribution in [3.8, 4) is 11.6 Å². The summed E-state index contributed by atoms with van der Waals surface area (Å²) in [4.78, 5) is 23.5. The van der Waals surface area contributed by atoms with Crippen LogP contribution >= 0.6 is 11.8 Å². The monoisotopic (exact) mass is 397 g/mol. The lowest BCUT2D eigenvalue weighted by Gasteiger charge is -2.08. The lowest BCUT2D eigenvalue weighted by atomic mass is 10.2. The van der Waals surface area contributed by atoms with Gasteiger partial charge in [0.2, 0.25) is 17.6 Å². The summed E-state index contributed by atoms with van der Waals surface area (Å²) in [5.41, 5.74) is 1.22. The Morgan fingerprint density at radius 2 is 2.00 bits per heavy atom. The molecule has 3 aromatic rings. The number of anilines is 2. The Kier molecular flexibility index (Phi) is 6.28. The molecule has 0 saturated carbocycles. The van der Waals surface area contributed by atoms with Crippen LogP contribution in [0.2, 0.25) is 0 Å². The van der Waals surface area contributed by atoms with Gasteiger partial charge in [0.15, 0.2) is 10.9 Å². The Balaban J connectivity index is 1.65. The summed E-state index contributed by atoms with van der Waals surface area (Å²) >= 11 is 1.27. The Morgan fingerprint density at radius 3 is 2.68 bits per heavy atom. The van der Waals surface area contributed by atoms with Gasteiger partial charge in [0, 0.05) is 24.8 Å². The molecular weight excluding hydrogens is 378 g/mol. The third kappa shape index (κ3) is 4.89. The van der Waals surface area contributed by atoms with E-state index >= 15 is 0 Å². The number of rotatable bonds is 8. The van der Waals surface area contributed by atoms with Gasteiger partial charge in [0.1, 0.15) is 0 Å². The molecule has 0 fully saturated rings. The summed E-state index contributed by atoms with van der Waals surface area (Å²) in [5.74, 6) is 0.958. The number of allylic oxidation sites excluding steroid dienone is 1. The molecule has 0 atom stereocenters. The quantitative estimate of drug-likeness (QED) is 0.446. The van der Waals surface area contributed by atoms with E-state index in [0.29, 0.717) is 34.7 Å². The van der Waals surface area contributed by atoms with Crippen LogP contribution in [0.15, 0.2) is 64.9 Å². The second-order valence-corrected chi connectivity index (χ2v) is 6.72. The van der Waals surface area contributed by atoms with Crippen molar-refractivity contribution in [1.29, 1.82) is 0 Å². The Labute approximate surface area is 166 Å². The molecule has 0 saturated heterocycles. The molecular formula is C19H19N5O3S. The molecule has 0 spiro atoms. The number of nitrogens with one attached hydrogen (secondary N) is 2. The molecule has 0 aliphatic heterocycles. The first-order valence-electron chi connectivity index (χ1n) is 8.45. The predicted molar refractivity (Wildman–Crippen MR) is 108 cm³/mol. The first-order chi connectivity index (χ1) is 13.6. The number of benzene rings is 1. The van der Waals surface area contributed by atoms with Crippen LogP contribution in [-0.4, -0.2) is 32.3 Å². The average Bonchev–Trinajstić information content (AvgIpc) is 3.30. The van der Waals surface area contributed by atoms with Crippen LogP contribution in [0.3, 0.4) is 0 Å². The molecule has 2 N–H and O–H groups in total. The van der Waals surface area contributed by atoms with Crippen molar-refractivity contribution in [1.82, 2.24) is 14.8 Å². The molecule has 0 aliphatic carbocycles. The van der Waals surface area contributed by atoms with E-state index in [1.54, 1.807) is 48.7 Å². The molecule has 0 bridgehead atoms. The van der Waals surface area contributed by atoms with E-state index in [-0.39, 0.29) is 17.6 Å². The molecule has 2 aromatic heterocycles. The summed E-state index contributed by atoms with van der Waals surface area (Å²) in [6.45, 7) is 5.67. The molecule has 3 rings (SSSR count). The Bertz CT molecular complexity index is 981. The molecule has 0 unspecified atom stereocenters. The van der Waals surface area contributed by atoms with Crippen LogP contribution in [0.5, 0.6) is 0 Å². The fourth-order valence-corrected chi connectivity index (χ4v) is 3.23. The molecule has 8 nitrogen and oxygen atoms in total. The minimum Gasteiger partial charge on any atom is -0.461 e. The van der Waals surface area contributed by atoms with E-state index in [2.05, 4.69) is 27.4 Å². The van der Waals surface area contributed by atoms with Crippen molar-refractivity contribution < 1.29 is 14.0 Å². The van der Waals surface area contributed by atoms with E-state index in [1.807, 2.05) is 4.57 Å². The van der Waals surface area contributed by atoms with Crippen LogP contribution in [0.1, 0.15) is 6.92 Å². The average molecular weight is 397 g/mol. The first kappa shape index (κ1) is 19.4. The smallest absolute Gasteiger partial charge is 0.234 e. The summed E-state index contributed by atoms with van der Waals surface area (Å²) in [6.07, 6.45) is 3.30. The highest BCUT2D eigenvalue weighted by molar-refractivity contribution is 7.99. The summed E-state index contributed by atoms with van der Waals surface area (Å²) in [5, 5.41) is 14.4. The fourth-order valence-electron chi connectivity index (χ4n) is 2.48. The van der Waals surface area contributed by atoms with Gasteiger partial charge in [-0.15, -0.1) is 16.8 Å². The summed E-state index contributed by atoms with van der Waals surface area (Å²) in [7, 11) is 0. The minimum absolute atomic E-state index is 0.151. The number of hydrogen-bond acceptors (Lipinski definition) is 6. The molecule has 2 amide bonds. The van der Waals surface area contributed by atoms with E-state index < -0.39 is 0 Å². The largest absolute Gasteiger partial charge is 0.461 e. The standard InChI is InChI=1S/C19H19N5O3S/c1-3-9-24-18(16-8-5-10-27-16)22-23-19(24)28-12-17(26)21-15-7-4-6-14(11-15)20-13(2)25/h3-8,10-11H,1,9,12H2,2H3,(H,20,25)(H,21,26). The van der Waals surface area contributed by atoms with Gasteiger partial charge in [-0.1, -0.05) is 23.9 Å². The molecule has 1 aromatic carbocycles. The van der Waals surface area contributed by atoms with E-state index in [0.717, 1.165) is 0 Å². The molecule has 144 valence electrons. The van der Waals surface area contributed by atoms with Gasteiger partial charge in [0.25, 0.3) is 0 Å². The number of thioether (sulfide) groups is 1. The predicted octanol–water partition coefficient (Wildman–Crippen LogP) is 3.41. The maximum Gasteiger partial charge on any atom is 0.234 e. The molecule has 0 radical (unpaired) electrons. The lowest BCUT2D eigenvalue weighted by molar-refractivity contribution is -0.114. The maximum absolute atomic E-state index is 12.3. The highest BCUT2D eigenvalue weighted by Gasteiger charge is 2.16. The van der Waals surface area contributed by atoms with Crippen LogP contribution < -0.4 is 10.6 Å². The van der Waals surface area contributed by atoms with Crippen molar-refractivity contribution in [2.24, 2.45) is 0 Å². The van der Waals surface area contributed by atoms with Gasteiger partial charge in [-0.05, 0) is 30.3 Å². The highest BCUT2D eigenvalue weighted by Crippen LogP contribution is 2.24. The lowest BCUT2D eigenvalue weighted by Crippen LogP contribution is -2.15. The van der Waals surface area contributed by atoms with Crippen molar-refractivity contribution >= 4 is 35.0 Å². The molecule has 0 aliphatic rings. The third-order valence-corrected chi connectivity index (χ3v) is 4.54. The number of nitrogens with zero attached hydrogens (tertiary/aromatic N) is 3. The van der Waals surface area contributed by atoms with Crippen LogP contribution in [-0.2, 0) is 16.1 Å². The zero-order valence-corrected chi connectivity index (χ0v) is 16.0. The van der Waals surface area contributed by atoms with E-state index in [9.17, 15) is 9.59 Å². The zero-order chi connectivity index (χ0) is 19.9. The van der Waals surface area contributed by atoms with Crippen LogP contribution in [0.4, 0.5) is 11.4 Å². The van der Waals surface area contributed by atoms with Crippen LogP contribution in [0.25, 0.3) is 11.6 Å². The normalized spacial score (nSPS) is 10.5. The number of carbonyl (C=O) groups excluding carboxylic acids is 2. The van der Waals surface area contributed by atoms with Crippen molar-refractivity contribution in [2.75, 3.05) is 16.4 Å². The second kappa shape index (κ2) is 9.05. The SMILES string of the molecule is C=CCn1c(SCC(=O)Nc2cccc(NC(C)=O)c2)nnc1-c1ccco1. The van der Waals surface area contributed by atoms with Gasteiger partial charge in [0.05, 0.1) is 12.0 Å². The second-order valence-electron chi connectivity index (χ2n) is 5.78. The van der Waals surface area contributed by atoms with Gasteiger partial charge >= 0.3 is 0 Å². The molecule has 2 heterocycles. The maximum atomic E-state index is 12.3. The van der Waals surface area contributed by atoms with Crippen molar-refractivity contribution in [2.45, 2.75) is 18.6 Å². The van der Waals surface area contributed by atoms with Crippen LogP contribution in [0, 0.1) is 0 Å². The first-order valence-corrected chi connectivity index (χ1v) is 9.43. The fraction of sp³-hybridized carbons (Fsp3) is 0.158. The zero-order valence-electron chi connectivity index (χ0n) is 15.2. The Hall–Kier alpha value is -3.33. The number of amides is 2. The number of carbonyl (C=O) groups is 2.